The van der Waals surface area contributed by atoms with Crippen LogP contribution in [-0.4, -0.2) is 25.1 Å². The van der Waals surface area contributed by atoms with Crippen LogP contribution in [0.3, 0.4) is 0 Å². The van der Waals surface area contributed by atoms with E-state index >= 15 is 0 Å². The summed E-state index contributed by atoms with van der Waals surface area (Å²) in [6, 6.07) is 11.6. The maximum absolute atomic E-state index is 12.0. The molecule has 126 valence electrons. The van der Waals surface area contributed by atoms with Crippen LogP contribution in [0.5, 0.6) is 5.75 Å². The predicted molar refractivity (Wildman–Crippen MR) is 83.4 cm³/mol. The van der Waals surface area contributed by atoms with Gasteiger partial charge in [0.1, 0.15) is 5.75 Å². The van der Waals surface area contributed by atoms with Gasteiger partial charge in [-0.05, 0) is 36.4 Å². The van der Waals surface area contributed by atoms with Gasteiger partial charge in [-0.25, -0.2) is 4.79 Å². The second-order valence-corrected chi connectivity index (χ2v) is 4.91. The van der Waals surface area contributed by atoms with Crippen LogP contribution in [0.1, 0.15) is 10.4 Å². The number of carbonyl (C=O) groups excluding carboxylic acids is 2. The summed E-state index contributed by atoms with van der Waals surface area (Å²) in [5.41, 5.74) is 0.496. The lowest BCUT2D eigenvalue weighted by Crippen LogP contribution is -2.21. The van der Waals surface area contributed by atoms with Gasteiger partial charge in [-0.15, -0.1) is 0 Å². The Balaban J connectivity index is 1.85. The third kappa shape index (κ3) is 5.20. The van der Waals surface area contributed by atoms with Gasteiger partial charge >= 0.3 is 12.6 Å². The molecule has 0 aromatic heterocycles. The Morgan fingerprint density at radius 2 is 1.75 bits per heavy atom. The van der Waals surface area contributed by atoms with Gasteiger partial charge in [0, 0.05) is 5.69 Å². The summed E-state index contributed by atoms with van der Waals surface area (Å²) in [6.45, 7) is -3.44. The van der Waals surface area contributed by atoms with E-state index in [4.69, 9.17) is 16.3 Å². The van der Waals surface area contributed by atoms with Crippen LogP contribution in [0, 0.1) is 0 Å². The molecular weight excluding hydrogens is 344 g/mol. The number of carbonyl (C=O) groups is 2. The van der Waals surface area contributed by atoms with Crippen molar-refractivity contribution in [3.05, 3.63) is 59.1 Å². The lowest BCUT2D eigenvalue weighted by Gasteiger charge is -2.08. The van der Waals surface area contributed by atoms with Crippen LogP contribution in [0.2, 0.25) is 5.02 Å². The SMILES string of the molecule is O=C(COC(=O)c1ccccc1Cl)Nc1ccc(OC(F)F)cc1. The molecule has 0 aliphatic heterocycles. The zero-order valence-corrected chi connectivity index (χ0v) is 12.9. The quantitative estimate of drug-likeness (QED) is 0.802. The first-order chi connectivity index (χ1) is 11.5. The molecule has 0 unspecified atom stereocenters. The van der Waals surface area contributed by atoms with Gasteiger partial charge in [-0.3, -0.25) is 4.79 Å². The Bertz CT molecular complexity index is 722. The number of benzene rings is 2. The van der Waals surface area contributed by atoms with Crippen LogP contribution in [0.15, 0.2) is 48.5 Å². The molecule has 5 nitrogen and oxygen atoms in total. The minimum absolute atomic E-state index is 0.0341. The fourth-order valence-corrected chi connectivity index (χ4v) is 1.97. The van der Waals surface area contributed by atoms with Crippen molar-refractivity contribution < 1.29 is 27.8 Å². The number of anilines is 1. The monoisotopic (exact) mass is 355 g/mol. The van der Waals surface area contributed by atoms with Crippen molar-refractivity contribution in [3.8, 4) is 5.75 Å². The number of amides is 1. The van der Waals surface area contributed by atoms with Crippen molar-refractivity contribution >= 4 is 29.2 Å². The highest BCUT2D eigenvalue weighted by molar-refractivity contribution is 6.33. The van der Waals surface area contributed by atoms with E-state index in [0.717, 1.165) is 0 Å². The van der Waals surface area contributed by atoms with Crippen molar-refractivity contribution in [2.24, 2.45) is 0 Å². The largest absolute Gasteiger partial charge is 0.452 e. The molecule has 0 fully saturated rings. The molecule has 0 saturated carbocycles. The van der Waals surface area contributed by atoms with Crippen molar-refractivity contribution in [3.63, 3.8) is 0 Å². The first-order valence-electron chi connectivity index (χ1n) is 6.72. The number of ether oxygens (including phenoxy) is 2. The zero-order chi connectivity index (χ0) is 17.5. The van der Waals surface area contributed by atoms with Crippen LogP contribution in [0.4, 0.5) is 14.5 Å². The van der Waals surface area contributed by atoms with Gasteiger partial charge in [0.05, 0.1) is 10.6 Å². The molecule has 0 heterocycles. The molecule has 0 saturated heterocycles. The number of nitrogens with one attached hydrogen (secondary N) is 1. The molecular formula is C16H12ClF2NO4. The van der Waals surface area contributed by atoms with E-state index in [2.05, 4.69) is 10.1 Å². The molecule has 0 spiro atoms. The Kier molecular flexibility index (Phi) is 6.08. The first kappa shape index (κ1) is 17.7. The number of hydrogen-bond acceptors (Lipinski definition) is 4. The van der Waals surface area contributed by atoms with Crippen LogP contribution in [0.25, 0.3) is 0 Å². The molecule has 2 rings (SSSR count). The average Bonchev–Trinajstić information content (AvgIpc) is 2.54. The Morgan fingerprint density at radius 3 is 2.38 bits per heavy atom. The van der Waals surface area contributed by atoms with Gasteiger partial charge in [0.25, 0.3) is 5.91 Å². The highest BCUT2D eigenvalue weighted by Gasteiger charge is 2.13. The molecule has 0 aliphatic carbocycles. The number of hydrogen-bond donors (Lipinski definition) is 1. The zero-order valence-electron chi connectivity index (χ0n) is 12.2. The second kappa shape index (κ2) is 8.26. The summed E-state index contributed by atoms with van der Waals surface area (Å²) in [5.74, 6) is -1.34. The van der Waals surface area contributed by atoms with Gasteiger partial charge in [-0.2, -0.15) is 8.78 Å². The molecule has 8 heteroatoms. The van der Waals surface area contributed by atoms with Crippen molar-refractivity contribution in [1.29, 1.82) is 0 Å². The molecule has 1 amide bonds. The van der Waals surface area contributed by atoms with Gasteiger partial charge < -0.3 is 14.8 Å². The van der Waals surface area contributed by atoms with E-state index in [-0.39, 0.29) is 16.3 Å². The predicted octanol–water partition coefficient (Wildman–Crippen LogP) is 3.74. The average molecular weight is 356 g/mol. The van der Waals surface area contributed by atoms with E-state index in [0.29, 0.717) is 5.69 Å². The molecule has 2 aromatic carbocycles. The molecule has 0 aliphatic rings. The van der Waals surface area contributed by atoms with Crippen molar-refractivity contribution in [2.75, 3.05) is 11.9 Å². The van der Waals surface area contributed by atoms with E-state index < -0.39 is 25.1 Å². The Labute approximate surface area is 141 Å². The number of alkyl halides is 2. The Hall–Kier alpha value is -2.67. The molecule has 0 bridgehead atoms. The molecule has 0 atom stereocenters. The first-order valence-corrected chi connectivity index (χ1v) is 7.10. The number of rotatable bonds is 6. The summed E-state index contributed by atoms with van der Waals surface area (Å²) in [4.78, 5) is 23.5. The number of halogens is 3. The summed E-state index contributed by atoms with van der Waals surface area (Å²) < 4.78 is 33.1. The third-order valence-corrected chi connectivity index (χ3v) is 3.12. The summed E-state index contributed by atoms with van der Waals surface area (Å²) >= 11 is 5.85. The van der Waals surface area contributed by atoms with E-state index in [9.17, 15) is 18.4 Å². The van der Waals surface area contributed by atoms with Crippen molar-refractivity contribution in [2.45, 2.75) is 6.61 Å². The minimum Gasteiger partial charge on any atom is -0.452 e. The Morgan fingerprint density at radius 1 is 1.08 bits per heavy atom. The smallest absolute Gasteiger partial charge is 0.387 e. The summed E-state index contributed by atoms with van der Waals surface area (Å²) in [5, 5.41) is 2.67. The lowest BCUT2D eigenvalue weighted by molar-refractivity contribution is -0.119. The highest BCUT2D eigenvalue weighted by atomic mass is 35.5. The van der Waals surface area contributed by atoms with Gasteiger partial charge in [0.15, 0.2) is 6.61 Å². The second-order valence-electron chi connectivity index (χ2n) is 4.51. The van der Waals surface area contributed by atoms with Gasteiger partial charge in [0.2, 0.25) is 0 Å². The molecule has 2 aromatic rings. The maximum Gasteiger partial charge on any atom is 0.387 e. The van der Waals surface area contributed by atoms with E-state index in [1.807, 2.05) is 0 Å². The lowest BCUT2D eigenvalue weighted by atomic mass is 10.2. The fourth-order valence-electron chi connectivity index (χ4n) is 1.75. The van der Waals surface area contributed by atoms with Crippen LogP contribution in [-0.2, 0) is 9.53 Å². The minimum atomic E-state index is -2.92. The fraction of sp³-hybridized carbons (Fsp3) is 0.125. The van der Waals surface area contributed by atoms with E-state index in [1.165, 1.54) is 36.4 Å². The molecule has 1 N–H and O–H groups in total. The van der Waals surface area contributed by atoms with E-state index in [1.54, 1.807) is 12.1 Å². The summed E-state index contributed by atoms with van der Waals surface area (Å²) in [6.07, 6.45) is 0. The normalized spacial score (nSPS) is 10.3. The topological polar surface area (TPSA) is 64.6 Å². The summed E-state index contributed by atoms with van der Waals surface area (Å²) in [7, 11) is 0. The molecule has 0 radical (unpaired) electrons. The van der Waals surface area contributed by atoms with Crippen LogP contribution < -0.4 is 10.1 Å². The van der Waals surface area contributed by atoms with Crippen LogP contribution >= 0.6 is 11.6 Å². The highest BCUT2D eigenvalue weighted by Crippen LogP contribution is 2.18. The standard InChI is InChI=1S/C16H12ClF2NO4/c17-13-4-2-1-3-12(13)15(22)23-9-14(21)20-10-5-7-11(8-6-10)24-16(18)19/h1-8,16H,9H2,(H,20,21). The molecule has 24 heavy (non-hydrogen) atoms. The third-order valence-electron chi connectivity index (χ3n) is 2.79. The number of esters is 1. The maximum atomic E-state index is 12.0. The van der Waals surface area contributed by atoms with Crippen molar-refractivity contribution in [1.82, 2.24) is 0 Å². The van der Waals surface area contributed by atoms with Gasteiger partial charge in [-0.1, -0.05) is 23.7 Å².